The van der Waals surface area contributed by atoms with Crippen LogP contribution in [0.5, 0.6) is 0 Å². The van der Waals surface area contributed by atoms with Crippen molar-refractivity contribution in [2.45, 2.75) is 31.3 Å². The van der Waals surface area contributed by atoms with Crippen molar-refractivity contribution in [3.05, 3.63) is 99.0 Å². The number of benzene rings is 3. The zero-order chi connectivity index (χ0) is 23.3. The molecule has 0 fully saturated rings. The Morgan fingerprint density at radius 3 is 2.41 bits per heavy atom. The summed E-state index contributed by atoms with van der Waals surface area (Å²) in [5, 5.41) is 3.39. The van der Waals surface area contributed by atoms with E-state index in [9.17, 15) is 13.2 Å². The van der Waals surface area contributed by atoms with Crippen LogP contribution in [0, 0.1) is 6.92 Å². The molecule has 1 amide bonds. The number of nitrogens with one attached hydrogen (secondary N) is 1. The summed E-state index contributed by atoms with van der Waals surface area (Å²) in [6.07, 6.45) is 0. The summed E-state index contributed by atoms with van der Waals surface area (Å²) in [6, 6.07) is 20.9. The second kappa shape index (κ2) is 10.6. The van der Waals surface area contributed by atoms with Crippen molar-refractivity contribution in [2.75, 3.05) is 6.54 Å². The molecule has 0 saturated carbocycles. The predicted molar refractivity (Wildman–Crippen MR) is 131 cm³/mol. The van der Waals surface area contributed by atoms with Crippen LogP contribution in [0.15, 0.2) is 82.2 Å². The van der Waals surface area contributed by atoms with Crippen LogP contribution < -0.4 is 5.32 Å². The number of amides is 1. The highest BCUT2D eigenvalue weighted by molar-refractivity contribution is 9.10. The summed E-state index contributed by atoms with van der Waals surface area (Å²) >= 11 is 9.51. The number of rotatable bonds is 8. The Hall–Kier alpha value is -2.19. The van der Waals surface area contributed by atoms with E-state index in [2.05, 4.69) is 21.2 Å². The van der Waals surface area contributed by atoms with E-state index in [-0.39, 0.29) is 24.0 Å². The number of carbonyl (C=O) groups excluding carboxylic acids is 1. The number of hydrogen-bond donors (Lipinski definition) is 1. The van der Waals surface area contributed by atoms with Crippen molar-refractivity contribution in [3.63, 3.8) is 0 Å². The van der Waals surface area contributed by atoms with Crippen molar-refractivity contribution >= 4 is 43.5 Å². The van der Waals surface area contributed by atoms with E-state index in [1.807, 2.05) is 38.1 Å². The second-order valence-corrected chi connectivity index (χ2v) is 10.9. The molecular weight excluding hydrogens is 512 g/mol. The summed E-state index contributed by atoms with van der Waals surface area (Å²) in [5.74, 6) is -0.393. The van der Waals surface area contributed by atoms with Gasteiger partial charge in [-0.2, -0.15) is 4.31 Å². The molecule has 5 nitrogen and oxygen atoms in total. The number of hydrogen-bond acceptors (Lipinski definition) is 3. The fraction of sp³-hybridized carbons (Fsp3) is 0.208. The van der Waals surface area contributed by atoms with Crippen molar-refractivity contribution in [1.29, 1.82) is 0 Å². The molecule has 0 spiro atoms. The van der Waals surface area contributed by atoms with Gasteiger partial charge in [-0.3, -0.25) is 4.79 Å². The Kier molecular flexibility index (Phi) is 8.11. The lowest BCUT2D eigenvalue weighted by molar-refractivity contribution is -0.122. The van der Waals surface area contributed by atoms with Crippen molar-refractivity contribution in [1.82, 2.24) is 9.62 Å². The van der Waals surface area contributed by atoms with Crippen LogP contribution in [0.1, 0.15) is 29.7 Å². The normalized spacial score (nSPS) is 12.5. The van der Waals surface area contributed by atoms with E-state index in [4.69, 9.17) is 11.6 Å². The standard InChI is InChI=1S/C24H24BrClN2O3S/c1-17-9-11-23(12-10-17)32(30,31)28(15-19-5-3-8-22(26)13-19)16-24(29)27-18(2)20-6-4-7-21(25)14-20/h3-14,18H,15-16H2,1-2H3,(H,27,29). The average Bonchev–Trinajstić information content (AvgIpc) is 2.73. The molecule has 1 atom stereocenters. The Bertz CT molecular complexity index is 1200. The van der Waals surface area contributed by atoms with Crippen LogP contribution in [0.3, 0.4) is 0 Å². The number of aryl methyl sites for hydroxylation is 1. The van der Waals surface area contributed by atoms with Crippen LogP contribution in [0.4, 0.5) is 0 Å². The zero-order valence-corrected chi connectivity index (χ0v) is 20.9. The molecule has 8 heteroatoms. The lowest BCUT2D eigenvalue weighted by Crippen LogP contribution is -2.41. The van der Waals surface area contributed by atoms with Gasteiger partial charge in [0.25, 0.3) is 0 Å². The molecule has 1 unspecified atom stereocenters. The first-order chi connectivity index (χ1) is 15.1. The average molecular weight is 536 g/mol. The van der Waals surface area contributed by atoms with E-state index in [0.29, 0.717) is 10.6 Å². The largest absolute Gasteiger partial charge is 0.348 e. The first-order valence-electron chi connectivity index (χ1n) is 10.0. The Labute approximate surface area is 202 Å². The third kappa shape index (κ3) is 6.42. The van der Waals surface area contributed by atoms with Crippen LogP contribution >= 0.6 is 27.5 Å². The lowest BCUT2D eigenvalue weighted by Gasteiger charge is -2.23. The monoisotopic (exact) mass is 534 g/mol. The molecule has 0 aromatic heterocycles. The summed E-state index contributed by atoms with van der Waals surface area (Å²) in [4.78, 5) is 13.0. The van der Waals surface area contributed by atoms with Gasteiger partial charge in [-0.25, -0.2) is 8.42 Å². The number of halogens is 2. The summed E-state index contributed by atoms with van der Waals surface area (Å²) < 4.78 is 28.8. The molecular formula is C24H24BrClN2O3S. The summed E-state index contributed by atoms with van der Waals surface area (Å²) in [6.45, 7) is 3.45. The van der Waals surface area contributed by atoms with E-state index in [1.54, 1.807) is 48.5 Å². The SMILES string of the molecule is Cc1ccc(S(=O)(=O)N(CC(=O)NC(C)c2cccc(Br)c2)Cc2cccc(Cl)c2)cc1. The van der Waals surface area contributed by atoms with Gasteiger partial charge in [0.15, 0.2) is 0 Å². The third-order valence-electron chi connectivity index (χ3n) is 4.95. The molecule has 3 aromatic carbocycles. The van der Waals surface area contributed by atoms with E-state index in [1.165, 1.54) is 4.31 Å². The molecule has 3 aromatic rings. The third-order valence-corrected chi connectivity index (χ3v) is 7.49. The maximum Gasteiger partial charge on any atom is 0.243 e. The lowest BCUT2D eigenvalue weighted by atomic mass is 10.1. The Balaban J connectivity index is 1.84. The summed E-state index contributed by atoms with van der Waals surface area (Å²) in [7, 11) is -3.91. The van der Waals surface area contributed by atoms with Gasteiger partial charge in [0.05, 0.1) is 17.5 Å². The van der Waals surface area contributed by atoms with Crippen LogP contribution in [-0.2, 0) is 21.4 Å². The van der Waals surface area contributed by atoms with Crippen molar-refractivity contribution in [3.8, 4) is 0 Å². The van der Waals surface area contributed by atoms with Gasteiger partial charge < -0.3 is 5.32 Å². The van der Waals surface area contributed by atoms with Gasteiger partial charge >= 0.3 is 0 Å². The molecule has 0 bridgehead atoms. The maximum absolute atomic E-state index is 13.4. The van der Waals surface area contributed by atoms with Gasteiger partial charge in [-0.05, 0) is 61.4 Å². The number of nitrogens with zero attached hydrogens (tertiary/aromatic N) is 1. The van der Waals surface area contributed by atoms with Crippen molar-refractivity contribution < 1.29 is 13.2 Å². The topological polar surface area (TPSA) is 66.5 Å². The summed E-state index contributed by atoms with van der Waals surface area (Å²) in [5.41, 5.74) is 2.56. The maximum atomic E-state index is 13.4. The van der Waals surface area contributed by atoms with E-state index in [0.717, 1.165) is 15.6 Å². The minimum Gasteiger partial charge on any atom is -0.348 e. The molecule has 168 valence electrons. The highest BCUT2D eigenvalue weighted by Crippen LogP contribution is 2.21. The quantitative estimate of drug-likeness (QED) is 0.415. The fourth-order valence-corrected chi connectivity index (χ4v) is 5.24. The predicted octanol–water partition coefficient (Wildman–Crippen LogP) is 5.48. The molecule has 32 heavy (non-hydrogen) atoms. The van der Waals surface area contributed by atoms with Gasteiger partial charge in [-0.15, -0.1) is 0 Å². The minimum absolute atomic E-state index is 0.0233. The minimum atomic E-state index is -3.91. The van der Waals surface area contributed by atoms with Crippen LogP contribution in [0.2, 0.25) is 5.02 Å². The highest BCUT2D eigenvalue weighted by atomic mass is 79.9. The van der Waals surface area contributed by atoms with Crippen LogP contribution in [0.25, 0.3) is 0 Å². The van der Waals surface area contributed by atoms with Gasteiger partial charge in [-0.1, -0.05) is 69.5 Å². The van der Waals surface area contributed by atoms with Gasteiger partial charge in [0.1, 0.15) is 0 Å². The molecule has 0 aliphatic rings. The van der Waals surface area contributed by atoms with E-state index < -0.39 is 15.9 Å². The smallest absolute Gasteiger partial charge is 0.243 e. The molecule has 0 heterocycles. The number of sulfonamides is 1. The molecule has 0 aliphatic heterocycles. The molecule has 0 saturated heterocycles. The molecule has 1 N–H and O–H groups in total. The van der Waals surface area contributed by atoms with Gasteiger partial charge in [0, 0.05) is 16.0 Å². The Morgan fingerprint density at radius 1 is 1.06 bits per heavy atom. The zero-order valence-electron chi connectivity index (χ0n) is 17.8. The first kappa shape index (κ1) is 24.5. The molecule has 0 aliphatic carbocycles. The first-order valence-corrected chi connectivity index (χ1v) is 12.6. The number of carbonyl (C=O) groups is 1. The molecule has 3 rings (SSSR count). The highest BCUT2D eigenvalue weighted by Gasteiger charge is 2.27. The fourth-order valence-electron chi connectivity index (χ4n) is 3.23. The Morgan fingerprint density at radius 2 is 1.75 bits per heavy atom. The molecule has 0 radical (unpaired) electrons. The van der Waals surface area contributed by atoms with Gasteiger partial charge in [0.2, 0.25) is 15.9 Å². The second-order valence-electron chi connectivity index (χ2n) is 7.56. The van der Waals surface area contributed by atoms with Crippen LogP contribution in [-0.4, -0.2) is 25.2 Å². The van der Waals surface area contributed by atoms with E-state index >= 15 is 0 Å². The van der Waals surface area contributed by atoms with Crippen molar-refractivity contribution in [2.24, 2.45) is 0 Å².